The monoisotopic (exact) mass is 244 g/mol. The molecular weight excluding hydrogens is 228 g/mol. The molecule has 2 unspecified atom stereocenters. The van der Waals surface area contributed by atoms with Crippen LogP contribution in [0, 0.1) is 4.91 Å². The minimum absolute atomic E-state index is 0.0177. The Morgan fingerprint density at radius 3 is 2.47 bits per heavy atom. The lowest BCUT2D eigenvalue weighted by molar-refractivity contribution is -0.122. The highest BCUT2D eigenvalue weighted by Gasteiger charge is 2.41. The number of hydrogen-bond donors (Lipinski definition) is 1. The SMILES string of the molecule is CC(C)(C)OC(=O)N1CC(O)CC1C(=O)N=O. The Kier molecular flexibility index (Phi) is 3.82. The van der Waals surface area contributed by atoms with Gasteiger partial charge in [-0.1, -0.05) is 0 Å². The predicted molar refractivity (Wildman–Crippen MR) is 58.2 cm³/mol. The van der Waals surface area contributed by atoms with Crippen LogP contribution in [0.25, 0.3) is 0 Å². The third kappa shape index (κ3) is 3.48. The van der Waals surface area contributed by atoms with E-state index >= 15 is 0 Å². The van der Waals surface area contributed by atoms with Crippen LogP contribution in [0.4, 0.5) is 4.79 Å². The molecule has 7 heteroatoms. The highest BCUT2D eigenvalue weighted by Crippen LogP contribution is 2.22. The molecule has 17 heavy (non-hydrogen) atoms. The average molecular weight is 244 g/mol. The summed E-state index contributed by atoms with van der Waals surface area (Å²) in [6, 6.07) is -1.02. The minimum atomic E-state index is -1.02. The summed E-state index contributed by atoms with van der Waals surface area (Å²) in [5, 5.41) is 11.7. The van der Waals surface area contributed by atoms with Crippen molar-refractivity contribution in [2.75, 3.05) is 6.54 Å². The molecule has 0 aromatic rings. The number of likely N-dealkylation sites (tertiary alicyclic amines) is 1. The molecule has 0 aliphatic carbocycles. The third-order valence-electron chi connectivity index (χ3n) is 2.28. The van der Waals surface area contributed by atoms with Crippen molar-refractivity contribution in [1.82, 2.24) is 4.90 Å². The number of amides is 2. The van der Waals surface area contributed by atoms with Gasteiger partial charge in [0.1, 0.15) is 11.6 Å². The first-order valence-corrected chi connectivity index (χ1v) is 5.29. The van der Waals surface area contributed by atoms with Crippen LogP contribution in [0.1, 0.15) is 27.2 Å². The lowest BCUT2D eigenvalue weighted by atomic mass is 10.2. The molecule has 0 saturated carbocycles. The van der Waals surface area contributed by atoms with E-state index in [1.807, 2.05) is 0 Å². The second-order valence-electron chi connectivity index (χ2n) is 4.97. The minimum Gasteiger partial charge on any atom is -0.444 e. The number of carbonyl (C=O) groups excluding carboxylic acids is 2. The van der Waals surface area contributed by atoms with Crippen LogP contribution in [0.15, 0.2) is 5.18 Å². The van der Waals surface area contributed by atoms with Crippen molar-refractivity contribution in [1.29, 1.82) is 0 Å². The standard InChI is InChI=1S/C10H16N2O5/c1-10(2,3)17-9(15)12-5-6(13)4-7(12)8(14)11-16/h6-7,13H,4-5H2,1-3H3. The fourth-order valence-corrected chi connectivity index (χ4v) is 1.63. The molecule has 0 spiro atoms. The van der Waals surface area contributed by atoms with Gasteiger partial charge < -0.3 is 9.84 Å². The van der Waals surface area contributed by atoms with Crippen molar-refractivity contribution in [2.24, 2.45) is 5.18 Å². The van der Waals surface area contributed by atoms with Crippen LogP contribution in [0.2, 0.25) is 0 Å². The second kappa shape index (κ2) is 4.79. The summed E-state index contributed by atoms with van der Waals surface area (Å²) in [5.41, 5.74) is -0.702. The van der Waals surface area contributed by atoms with Crippen molar-refractivity contribution in [2.45, 2.75) is 44.9 Å². The lowest BCUT2D eigenvalue weighted by Crippen LogP contribution is -2.43. The molecule has 1 aliphatic heterocycles. The quantitative estimate of drug-likeness (QED) is 0.683. The van der Waals surface area contributed by atoms with Gasteiger partial charge >= 0.3 is 12.0 Å². The van der Waals surface area contributed by atoms with Gasteiger partial charge in [0.05, 0.1) is 12.6 Å². The van der Waals surface area contributed by atoms with E-state index in [1.165, 1.54) is 0 Å². The van der Waals surface area contributed by atoms with Crippen molar-refractivity contribution in [3.05, 3.63) is 4.91 Å². The number of β-amino-alcohol motifs (C(OH)–C–C–N with tert-alkyl or cyclic N) is 1. The molecular formula is C10H16N2O5. The van der Waals surface area contributed by atoms with E-state index in [9.17, 15) is 19.6 Å². The first-order valence-electron chi connectivity index (χ1n) is 5.29. The summed E-state index contributed by atoms with van der Waals surface area (Å²) in [5.74, 6) is -0.965. The van der Waals surface area contributed by atoms with Crippen molar-refractivity contribution >= 4 is 12.0 Å². The lowest BCUT2D eigenvalue weighted by Gasteiger charge is -2.26. The van der Waals surface area contributed by atoms with Crippen LogP contribution >= 0.6 is 0 Å². The van der Waals surface area contributed by atoms with E-state index in [1.54, 1.807) is 20.8 Å². The maximum Gasteiger partial charge on any atom is 0.411 e. The Hall–Kier alpha value is -1.50. The molecule has 0 radical (unpaired) electrons. The van der Waals surface area contributed by atoms with E-state index in [4.69, 9.17) is 4.74 Å². The highest BCUT2D eigenvalue weighted by atomic mass is 16.6. The molecule has 1 aliphatic rings. The molecule has 1 rings (SSSR count). The summed E-state index contributed by atoms with van der Waals surface area (Å²) in [6.07, 6.45) is -1.54. The van der Waals surface area contributed by atoms with Crippen LogP contribution in [0.3, 0.4) is 0 Å². The van der Waals surface area contributed by atoms with E-state index in [0.717, 1.165) is 4.90 Å². The number of nitrogens with zero attached hydrogens (tertiary/aromatic N) is 2. The number of ether oxygens (including phenoxy) is 1. The number of hydrogen-bond acceptors (Lipinski definition) is 5. The zero-order chi connectivity index (χ0) is 13.2. The molecule has 0 bridgehead atoms. The molecule has 1 N–H and O–H groups in total. The Balaban J connectivity index is 2.77. The van der Waals surface area contributed by atoms with Gasteiger partial charge in [0.2, 0.25) is 0 Å². The van der Waals surface area contributed by atoms with Gasteiger partial charge in [-0.3, -0.25) is 9.69 Å². The first-order chi connectivity index (χ1) is 7.74. The largest absolute Gasteiger partial charge is 0.444 e. The number of rotatable bonds is 1. The maximum atomic E-state index is 11.7. The Morgan fingerprint density at radius 2 is 2.00 bits per heavy atom. The Morgan fingerprint density at radius 1 is 1.41 bits per heavy atom. The predicted octanol–water partition coefficient (Wildman–Crippen LogP) is 0.650. The topological polar surface area (TPSA) is 96.3 Å². The summed E-state index contributed by atoms with van der Waals surface area (Å²) in [6.45, 7) is 5.03. The summed E-state index contributed by atoms with van der Waals surface area (Å²) >= 11 is 0. The van der Waals surface area contributed by atoms with Crippen molar-refractivity contribution < 1.29 is 19.4 Å². The second-order valence-corrected chi connectivity index (χ2v) is 4.97. The van der Waals surface area contributed by atoms with E-state index < -0.39 is 29.7 Å². The Labute approximate surface area is 98.7 Å². The van der Waals surface area contributed by atoms with Crippen LogP contribution in [-0.4, -0.2) is 46.3 Å². The van der Waals surface area contributed by atoms with E-state index in [0.29, 0.717) is 0 Å². The van der Waals surface area contributed by atoms with Gasteiger partial charge in [-0.15, -0.1) is 4.91 Å². The third-order valence-corrected chi connectivity index (χ3v) is 2.28. The normalized spacial score (nSPS) is 24.6. The van der Waals surface area contributed by atoms with Gasteiger partial charge in [-0.25, -0.2) is 4.79 Å². The van der Waals surface area contributed by atoms with Gasteiger partial charge in [0, 0.05) is 11.6 Å². The summed E-state index contributed by atoms with van der Waals surface area (Å²) in [4.78, 5) is 34.2. The highest BCUT2D eigenvalue weighted by molar-refractivity contribution is 5.86. The van der Waals surface area contributed by atoms with Gasteiger partial charge in [-0.2, -0.15) is 0 Å². The molecule has 0 aromatic heterocycles. The van der Waals surface area contributed by atoms with Crippen LogP contribution < -0.4 is 0 Å². The summed E-state index contributed by atoms with van der Waals surface area (Å²) < 4.78 is 5.07. The van der Waals surface area contributed by atoms with Gasteiger partial charge in [0.25, 0.3) is 0 Å². The molecule has 1 heterocycles. The van der Waals surface area contributed by atoms with E-state index in [-0.39, 0.29) is 13.0 Å². The zero-order valence-electron chi connectivity index (χ0n) is 10.0. The molecule has 1 fully saturated rings. The zero-order valence-corrected chi connectivity index (χ0v) is 10.0. The smallest absolute Gasteiger partial charge is 0.411 e. The fraction of sp³-hybridized carbons (Fsp3) is 0.800. The molecule has 2 atom stereocenters. The van der Waals surface area contributed by atoms with Crippen molar-refractivity contribution in [3.8, 4) is 0 Å². The first kappa shape index (κ1) is 13.6. The molecule has 0 aromatic carbocycles. The fourth-order valence-electron chi connectivity index (χ4n) is 1.63. The molecule has 7 nitrogen and oxygen atoms in total. The van der Waals surface area contributed by atoms with Crippen LogP contribution in [0.5, 0.6) is 0 Å². The molecule has 1 saturated heterocycles. The maximum absolute atomic E-state index is 11.7. The average Bonchev–Trinajstić information content (AvgIpc) is 2.56. The Bertz CT molecular complexity index is 336. The molecule has 96 valence electrons. The number of aliphatic hydroxyl groups is 1. The number of nitroso groups, excluding NO2 is 1. The van der Waals surface area contributed by atoms with E-state index in [2.05, 4.69) is 5.18 Å². The van der Waals surface area contributed by atoms with Crippen molar-refractivity contribution in [3.63, 3.8) is 0 Å². The number of carbonyl (C=O) groups is 2. The van der Waals surface area contributed by atoms with Gasteiger partial charge in [-0.05, 0) is 20.8 Å². The van der Waals surface area contributed by atoms with Crippen LogP contribution in [-0.2, 0) is 9.53 Å². The number of aliphatic hydroxyl groups excluding tert-OH is 1. The molecule has 2 amide bonds. The summed E-state index contributed by atoms with van der Waals surface area (Å²) in [7, 11) is 0. The van der Waals surface area contributed by atoms with Gasteiger partial charge in [0.15, 0.2) is 0 Å².